The second-order valence-corrected chi connectivity index (χ2v) is 5.48. The lowest BCUT2D eigenvalue weighted by Gasteiger charge is -2.02. The number of aromatic nitrogens is 4. The van der Waals surface area contributed by atoms with Gasteiger partial charge in [-0.25, -0.2) is 8.72 Å². The zero-order valence-electron chi connectivity index (χ0n) is 10.8. The van der Waals surface area contributed by atoms with E-state index in [2.05, 4.69) is 15.3 Å². The van der Waals surface area contributed by atoms with E-state index in [0.29, 0.717) is 11.1 Å². The molecule has 0 radical (unpaired) electrons. The van der Waals surface area contributed by atoms with Gasteiger partial charge < -0.3 is 15.9 Å². The number of hydrogen-bond donors (Lipinski definition) is 2. The van der Waals surface area contributed by atoms with Crippen LogP contribution in [0.5, 0.6) is 0 Å². The number of anilines is 1. The third-order valence-corrected chi connectivity index (χ3v) is 3.50. The molecule has 1 amide bonds. The van der Waals surface area contributed by atoms with Gasteiger partial charge in [-0.2, -0.15) is 5.10 Å². The van der Waals surface area contributed by atoms with E-state index in [9.17, 15) is 9.00 Å². The van der Waals surface area contributed by atoms with E-state index in [1.54, 1.807) is 12.3 Å². The number of carbonyl (C=O) groups is 1. The predicted molar refractivity (Wildman–Crippen MR) is 73.7 cm³/mol. The fourth-order valence-electron chi connectivity index (χ4n) is 1.83. The minimum Gasteiger partial charge on any atom is -0.409 e. The van der Waals surface area contributed by atoms with Crippen LogP contribution in [0.2, 0.25) is 0 Å². The van der Waals surface area contributed by atoms with Gasteiger partial charge in [0.05, 0.1) is 28.5 Å². The van der Waals surface area contributed by atoms with Gasteiger partial charge in [0.2, 0.25) is 5.89 Å². The molecular formula is C11H10N6O3S. The molecule has 3 aromatic heterocycles. The maximum atomic E-state index is 11.3. The molecule has 0 aliphatic carbocycles. The quantitative estimate of drug-likeness (QED) is 0.682. The molecule has 3 rings (SSSR count). The third kappa shape index (κ3) is 2.14. The molecule has 21 heavy (non-hydrogen) atoms. The summed E-state index contributed by atoms with van der Waals surface area (Å²) in [6.45, 7) is 0. The minimum absolute atomic E-state index is 0.0269. The minimum atomic E-state index is -1.36. The van der Waals surface area contributed by atoms with Crippen LogP contribution in [-0.2, 0) is 10.8 Å². The van der Waals surface area contributed by atoms with Crippen LogP contribution in [0, 0.1) is 0 Å². The summed E-state index contributed by atoms with van der Waals surface area (Å²) in [6.07, 6.45) is 4.33. The van der Waals surface area contributed by atoms with Crippen molar-refractivity contribution in [1.29, 1.82) is 0 Å². The van der Waals surface area contributed by atoms with Crippen LogP contribution >= 0.6 is 0 Å². The molecule has 0 bridgehead atoms. The highest BCUT2D eigenvalue weighted by atomic mass is 32.2. The Morgan fingerprint density at radius 2 is 2.19 bits per heavy atom. The van der Waals surface area contributed by atoms with Crippen molar-refractivity contribution in [2.24, 2.45) is 5.73 Å². The maximum absolute atomic E-state index is 11.3. The number of hydrogen-bond acceptors (Lipinski definition) is 7. The van der Waals surface area contributed by atoms with Crippen LogP contribution < -0.4 is 11.5 Å². The van der Waals surface area contributed by atoms with Crippen molar-refractivity contribution in [1.82, 2.24) is 19.8 Å². The average Bonchev–Trinajstić information content (AvgIpc) is 3.05. The van der Waals surface area contributed by atoms with E-state index in [0.717, 1.165) is 0 Å². The Morgan fingerprint density at radius 1 is 1.43 bits per heavy atom. The number of nitrogens with two attached hydrogens (primary N) is 2. The Hall–Kier alpha value is -2.75. The summed E-state index contributed by atoms with van der Waals surface area (Å²) < 4.78 is 18.0. The lowest BCUT2D eigenvalue weighted by Crippen LogP contribution is -2.15. The molecule has 0 saturated carbocycles. The fourth-order valence-corrected chi connectivity index (χ4v) is 2.18. The van der Waals surface area contributed by atoms with Gasteiger partial charge in [0, 0.05) is 12.5 Å². The van der Waals surface area contributed by atoms with Crippen LogP contribution in [0.4, 0.5) is 5.69 Å². The summed E-state index contributed by atoms with van der Waals surface area (Å²) in [5.74, 6) is -0.475. The smallest absolute Gasteiger partial charge is 0.307 e. The van der Waals surface area contributed by atoms with Crippen molar-refractivity contribution in [2.75, 3.05) is 12.0 Å². The molecule has 0 fully saturated rings. The number of nitrogens with zero attached hydrogens (tertiary/aromatic N) is 4. The molecule has 0 spiro atoms. The number of rotatable bonds is 3. The van der Waals surface area contributed by atoms with Crippen molar-refractivity contribution < 1.29 is 13.4 Å². The van der Waals surface area contributed by atoms with Crippen molar-refractivity contribution in [3.05, 3.63) is 24.0 Å². The van der Waals surface area contributed by atoms with Crippen molar-refractivity contribution >= 4 is 27.9 Å². The van der Waals surface area contributed by atoms with Gasteiger partial charge >= 0.3 is 5.22 Å². The van der Waals surface area contributed by atoms with E-state index < -0.39 is 16.7 Å². The van der Waals surface area contributed by atoms with Gasteiger partial charge in [-0.3, -0.25) is 4.79 Å². The Morgan fingerprint density at radius 3 is 2.81 bits per heavy atom. The topological polar surface area (TPSA) is 142 Å². The monoisotopic (exact) mass is 306 g/mol. The van der Waals surface area contributed by atoms with Gasteiger partial charge in [-0.15, -0.1) is 5.10 Å². The predicted octanol–water partition coefficient (Wildman–Crippen LogP) is -0.197. The summed E-state index contributed by atoms with van der Waals surface area (Å²) in [4.78, 5) is 11.2. The maximum Gasteiger partial charge on any atom is 0.307 e. The molecule has 1 unspecified atom stereocenters. The van der Waals surface area contributed by atoms with Crippen LogP contribution in [0.3, 0.4) is 0 Å². The second kappa shape index (κ2) is 4.66. The molecule has 0 aliphatic heterocycles. The number of nitrogen functional groups attached to an aromatic ring is 1. The third-order valence-electron chi connectivity index (χ3n) is 2.84. The lowest BCUT2D eigenvalue weighted by molar-refractivity contribution is 0.100. The number of carbonyl (C=O) groups excluding carboxylic acids is 1. The summed E-state index contributed by atoms with van der Waals surface area (Å²) in [5.41, 5.74) is 12.5. The average molecular weight is 306 g/mol. The largest absolute Gasteiger partial charge is 0.409 e. The molecular weight excluding hydrogens is 296 g/mol. The molecule has 0 aliphatic rings. The summed E-state index contributed by atoms with van der Waals surface area (Å²) in [5, 5.41) is 11.5. The van der Waals surface area contributed by atoms with E-state index in [1.165, 1.54) is 17.0 Å². The second-order valence-electron chi connectivity index (χ2n) is 4.22. The molecule has 108 valence electrons. The van der Waals surface area contributed by atoms with Crippen molar-refractivity contribution in [3.8, 4) is 11.5 Å². The Kier molecular flexibility index (Phi) is 2.94. The van der Waals surface area contributed by atoms with Gasteiger partial charge in [-0.1, -0.05) is 5.10 Å². The van der Waals surface area contributed by atoms with Crippen LogP contribution in [0.1, 0.15) is 10.4 Å². The molecule has 0 saturated heterocycles. The van der Waals surface area contributed by atoms with Gasteiger partial charge in [0.15, 0.2) is 0 Å². The first-order chi connectivity index (χ1) is 9.97. The van der Waals surface area contributed by atoms with Gasteiger partial charge in [-0.05, 0) is 6.07 Å². The summed E-state index contributed by atoms with van der Waals surface area (Å²) in [6, 6.07) is 1.63. The summed E-state index contributed by atoms with van der Waals surface area (Å²) >= 11 is 0. The zero-order valence-corrected chi connectivity index (χ0v) is 11.6. The van der Waals surface area contributed by atoms with Gasteiger partial charge in [0.25, 0.3) is 5.91 Å². The molecule has 3 heterocycles. The van der Waals surface area contributed by atoms with Crippen LogP contribution in [0.15, 0.2) is 28.1 Å². The zero-order chi connectivity index (χ0) is 15.1. The molecule has 9 nitrogen and oxygen atoms in total. The lowest BCUT2D eigenvalue weighted by atomic mass is 10.2. The highest BCUT2D eigenvalue weighted by Gasteiger charge is 2.16. The highest BCUT2D eigenvalue weighted by molar-refractivity contribution is 7.84. The first kappa shape index (κ1) is 13.2. The number of primary amides is 1. The van der Waals surface area contributed by atoms with E-state index in [4.69, 9.17) is 15.9 Å². The fraction of sp³-hybridized carbons (Fsp3) is 0.0909. The first-order valence-electron chi connectivity index (χ1n) is 5.71. The standard InChI is InChI=1S/C11H10N6O3S/c1-21(19)11-16-15-10(20-11)5-2-7-8(12)6(9(13)18)3-14-17(7)4-5/h2-4H,12H2,1H3,(H2,13,18). The molecule has 1 atom stereocenters. The molecule has 3 aromatic rings. The van der Waals surface area contributed by atoms with Crippen LogP contribution in [-0.4, -0.2) is 36.2 Å². The first-order valence-corrected chi connectivity index (χ1v) is 7.27. The Labute approximate surface area is 120 Å². The van der Waals surface area contributed by atoms with Crippen molar-refractivity contribution in [3.63, 3.8) is 0 Å². The number of amides is 1. The normalized spacial score (nSPS) is 12.6. The Balaban J connectivity index is 2.14. The van der Waals surface area contributed by atoms with E-state index in [1.807, 2.05) is 0 Å². The molecule has 0 aromatic carbocycles. The van der Waals surface area contributed by atoms with E-state index in [-0.39, 0.29) is 22.4 Å². The summed E-state index contributed by atoms with van der Waals surface area (Å²) in [7, 11) is -1.36. The SMILES string of the molecule is CS(=O)c1nnc(-c2cc3c(N)c(C(N)=O)cnn3c2)o1. The van der Waals surface area contributed by atoms with E-state index >= 15 is 0 Å². The highest BCUT2D eigenvalue weighted by Crippen LogP contribution is 2.26. The van der Waals surface area contributed by atoms with Crippen LogP contribution in [0.25, 0.3) is 17.0 Å². The van der Waals surface area contributed by atoms with Crippen molar-refractivity contribution in [2.45, 2.75) is 5.22 Å². The Bertz CT molecular complexity index is 883. The van der Waals surface area contributed by atoms with Gasteiger partial charge in [0.1, 0.15) is 10.8 Å². The number of fused-ring (bicyclic) bond motifs is 1. The molecule has 4 N–H and O–H groups in total. The molecule has 10 heteroatoms.